The van der Waals surface area contributed by atoms with E-state index in [1.807, 2.05) is 24.3 Å². The van der Waals surface area contributed by atoms with Gasteiger partial charge < -0.3 is 14.3 Å². The zero-order valence-corrected chi connectivity index (χ0v) is 13.1. The van der Waals surface area contributed by atoms with E-state index in [1.54, 1.807) is 18.4 Å². The van der Waals surface area contributed by atoms with Crippen molar-refractivity contribution in [3.63, 3.8) is 0 Å². The van der Waals surface area contributed by atoms with E-state index in [0.29, 0.717) is 18.8 Å². The molecule has 1 saturated heterocycles. The summed E-state index contributed by atoms with van der Waals surface area (Å²) >= 11 is 5.93. The monoisotopic (exact) mass is 321 g/mol. The van der Waals surface area contributed by atoms with Crippen molar-refractivity contribution in [2.75, 3.05) is 19.8 Å². The van der Waals surface area contributed by atoms with Crippen LogP contribution in [0.4, 0.5) is 0 Å². The summed E-state index contributed by atoms with van der Waals surface area (Å²) in [6.45, 7) is 3.04. The number of ether oxygens (including phenoxy) is 1. The second-order valence-corrected chi connectivity index (χ2v) is 6.03. The molecule has 0 bridgehead atoms. The average Bonchev–Trinajstić information content (AvgIpc) is 3.06. The van der Waals surface area contributed by atoms with Crippen LogP contribution in [0.3, 0.4) is 0 Å². The minimum Gasteiger partial charge on any atom is -0.467 e. The van der Waals surface area contributed by atoms with Crippen molar-refractivity contribution in [2.24, 2.45) is 0 Å². The van der Waals surface area contributed by atoms with Gasteiger partial charge in [0.1, 0.15) is 11.9 Å². The van der Waals surface area contributed by atoms with Crippen LogP contribution in [0.1, 0.15) is 23.8 Å². The molecule has 1 aliphatic rings. The summed E-state index contributed by atoms with van der Waals surface area (Å²) in [5.74, 6) is 0.608. The number of benzene rings is 1. The predicted molar refractivity (Wildman–Crippen MR) is 84.8 cm³/mol. The molecule has 1 fully saturated rings. The molecule has 2 unspecified atom stereocenters. The Labute approximate surface area is 135 Å². The van der Waals surface area contributed by atoms with E-state index in [2.05, 4.69) is 4.90 Å². The molecule has 5 heteroatoms. The van der Waals surface area contributed by atoms with Crippen LogP contribution in [0.15, 0.2) is 47.1 Å². The van der Waals surface area contributed by atoms with E-state index in [4.69, 9.17) is 20.8 Å². The molecule has 0 amide bonds. The maximum absolute atomic E-state index is 10.3. The summed E-state index contributed by atoms with van der Waals surface area (Å²) in [4.78, 5) is 2.35. The number of hydrogen-bond donors (Lipinski definition) is 1. The second kappa shape index (κ2) is 7.29. The summed E-state index contributed by atoms with van der Waals surface area (Å²) in [5, 5.41) is 11.0. The van der Waals surface area contributed by atoms with Crippen LogP contribution >= 0.6 is 11.6 Å². The van der Waals surface area contributed by atoms with Crippen molar-refractivity contribution >= 4 is 11.6 Å². The standard InChI is InChI=1S/C17H20ClNO3/c18-14-5-3-13(4-6-14)11-19-7-9-21-12-15(19)10-16(20)17-2-1-8-22-17/h1-6,8,15-16,20H,7,9-12H2. The van der Waals surface area contributed by atoms with Gasteiger partial charge in [-0.25, -0.2) is 0 Å². The highest BCUT2D eigenvalue weighted by Gasteiger charge is 2.26. The van der Waals surface area contributed by atoms with Crippen LogP contribution < -0.4 is 0 Å². The fourth-order valence-corrected chi connectivity index (χ4v) is 2.92. The minimum atomic E-state index is -0.602. The molecule has 0 aliphatic carbocycles. The Morgan fingerprint density at radius 2 is 2.09 bits per heavy atom. The van der Waals surface area contributed by atoms with Crippen molar-refractivity contribution in [3.8, 4) is 0 Å². The summed E-state index contributed by atoms with van der Waals surface area (Å²) < 4.78 is 10.9. The van der Waals surface area contributed by atoms with Crippen molar-refractivity contribution in [3.05, 3.63) is 59.0 Å². The fraction of sp³-hybridized carbons (Fsp3) is 0.412. The lowest BCUT2D eigenvalue weighted by molar-refractivity contribution is -0.0323. The molecule has 1 aromatic carbocycles. The lowest BCUT2D eigenvalue weighted by atomic mass is 10.0. The molecule has 2 heterocycles. The third kappa shape index (κ3) is 3.90. The molecular formula is C17H20ClNO3. The average molecular weight is 322 g/mol. The molecule has 2 atom stereocenters. The number of aliphatic hydroxyl groups excluding tert-OH is 1. The Morgan fingerprint density at radius 1 is 1.27 bits per heavy atom. The second-order valence-electron chi connectivity index (χ2n) is 5.59. The van der Waals surface area contributed by atoms with Gasteiger partial charge in [0.05, 0.1) is 19.5 Å². The van der Waals surface area contributed by atoms with Crippen molar-refractivity contribution < 1.29 is 14.3 Å². The van der Waals surface area contributed by atoms with Gasteiger partial charge in [-0.3, -0.25) is 4.90 Å². The maximum atomic E-state index is 10.3. The zero-order valence-electron chi connectivity index (χ0n) is 12.3. The normalized spacial score (nSPS) is 20.9. The van der Waals surface area contributed by atoms with Crippen LogP contribution in [-0.2, 0) is 11.3 Å². The molecule has 1 N–H and O–H groups in total. The quantitative estimate of drug-likeness (QED) is 0.918. The Balaban J connectivity index is 1.64. The van der Waals surface area contributed by atoms with E-state index >= 15 is 0 Å². The minimum absolute atomic E-state index is 0.171. The molecular weight excluding hydrogens is 302 g/mol. The van der Waals surface area contributed by atoms with Gasteiger partial charge in [-0.15, -0.1) is 0 Å². The molecule has 118 valence electrons. The topological polar surface area (TPSA) is 45.8 Å². The Bertz CT molecular complexity index is 570. The first-order chi connectivity index (χ1) is 10.7. The van der Waals surface area contributed by atoms with E-state index in [1.165, 1.54) is 5.56 Å². The van der Waals surface area contributed by atoms with Gasteiger partial charge in [0.15, 0.2) is 0 Å². The third-order valence-corrected chi connectivity index (χ3v) is 4.27. The summed E-state index contributed by atoms with van der Waals surface area (Å²) in [6, 6.07) is 11.7. The highest BCUT2D eigenvalue weighted by Crippen LogP contribution is 2.24. The summed E-state index contributed by atoms with van der Waals surface area (Å²) in [7, 11) is 0. The van der Waals surface area contributed by atoms with Gasteiger partial charge in [-0.1, -0.05) is 23.7 Å². The van der Waals surface area contributed by atoms with Crippen LogP contribution in [0, 0.1) is 0 Å². The molecule has 0 saturated carbocycles. The van der Waals surface area contributed by atoms with Crippen molar-refractivity contribution in [1.29, 1.82) is 0 Å². The first-order valence-electron chi connectivity index (χ1n) is 7.50. The van der Waals surface area contributed by atoms with Crippen molar-refractivity contribution in [2.45, 2.75) is 25.1 Å². The largest absolute Gasteiger partial charge is 0.467 e. The van der Waals surface area contributed by atoms with Crippen LogP contribution in [0.2, 0.25) is 5.02 Å². The maximum Gasteiger partial charge on any atom is 0.132 e. The van der Waals surface area contributed by atoms with Gasteiger partial charge in [0.25, 0.3) is 0 Å². The predicted octanol–water partition coefficient (Wildman–Crippen LogP) is 3.26. The first-order valence-corrected chi connectivity index (χ1v) is 7.88. The molecule has 4 nitrogen and oxygen atoms in total. The van der Waals surface area contributed by atoms with E-state index < -0.39 is 6.10 Å². The Hall–Kier alpha value is -1.33. The number of furan rings is 1. The SMILES string of the molecule is OC(CC1COCCN1Cc1ccc(Cl)cc1)c1ccco1. The molecule has 22 heavy (non-hydrogen) atoms. The molecule has 0 radical (unpaired) electrons. The lowest BCUT2D eigenvalue weighted by Gasteiger charge is -2.36. The molecule has 1 aromatic heterocycles. The summed E-state index contributed by atoms with van der Waals surface area (Å²) in [6.07, 6.45) is 1.58. The van der Waals surface area contributed by atoms with E-state index in [9.17, 15) is 5.11 Å². The van der Waals surface area contributed by atoms with Gasteiger partial charge >= 0.3 is 0 Å². The number of hydrogen-bond acceptors (Lipinski definition) is 4. The smallest absolute Gasteiger partial charge is 0.132 e. The summed E-state index contributed by atoms with van der Waals surface area (Å²) in [5.41, 5.74) is 1.21. The number of morpholine rings is 1. The highest BCUT2D eigenvalue weighted by molar-refractivity contribution is 6.30. The molecule has 3 rings (SSSR count). The number of halogens is 1. The van der Waals surface area contributed by atoms with Crippen LogP contribution in [-0.4, -0.2) is 35.8 Å². The van der Waals surface area contributed by atoms with Gasteiger partial charge in [0.2, 0.25) is 0 Å². The first kappa shape index (κ1) is 15.6. The zero-order chi connectivity index (χ0) is 15.4. The number of rotatable bonds is 5. The number of aliphatic hydroxyl groups is 1. The third-order valence-electron chi connectivity index (χ3n) is 4.02. The lowest BCUT2D eigenvalue weighted by Crippen LogP contribution is -2.45. The van der Waals surface area contributed by atoms with E-state index in [-0.39, 0.29) is 6.04 Å². The van der Waals surface area contributed by atoms with E-state index in [0.717, 1.165) is 24.7 Å². The molecule has 2 aromatic rings. The van der Waals surface area contributed by atoms with Crippen LogP contribution in [0.5, 0.6) is 0 Å². The van der Waals surface area contributed by atoms with Crippen LogP contribution in [0.25, 0.3) is 0 Å². The Kier molecular flexibility index (Phi) is 5.16. The number of nitrogens with zero attached hydrogens (tertiary/aromatic N) is 1. The van der Waals surface area contributed by atoms with Gasteiger partial charge in [-0.05, 0) is 36.2 Å². The highest BCUT2D eigenvalue weighted by atomic mass is 35.5. The van der Waals surface area contributed by atoms with Gasteiger partial charge in [-0.2, -0.15) is 0 Å². The van der Waals surface area contributed by atoms with Gasteiger partial charge in [0, 0.05) is 24.2 Å². The van der Waals surface area contributed by atoms with Crippen molar-refractivity contribution in [1.82, 2.24) is 4.90 Å². The molecule has 1 aliphatic heterocycles. The molecule has 0 spiro atoms. The fourth-order valence-electron chi connectivity index (χ4n) is 2.79. The Morgan fingerprint density at radius 3 is 2.82 bits per heavy atom.